The Hall–Kier alpha value is -0.200. The summed E-state index contributed by atoms with van der Waals surface area (Å²) in [6.07, 6.45) is -1.99. The van der Waals surface area contributed by atoms with E-state index in [1.165, 1.54) is 0 Å². The lowest BCUT2D eigenvalue weighted by molar-refractivity contribution is -0.244. The standard InChI is InChI=1S/C9H16O5/c1-8(2)13-6-5(4-10)12-7(11)9(6,3)14-8/h5-7,10-11H,4H2,1-3H3/t5?,6-,7?,9-/m1/s1. The van der Waals surface area contributed by atoms with E-state index in [1.54, 1.807) is 20.8 Å². The summed E-state index contributed by atoms with van der Waals surface area (Å²) < 4.78 is 16.3. The van der Waals surface area contributed by atoms with Gasteiger partial charge in [-0.15, -0.1) is 0 Å². The van der Waals surface area contributed by atoms with Gasteiger partial charge in [0.25, 0.3) is 0 Å². The number of ether oxygens (including phenoxy) is 3. The highest BCUT2D eigenvalue weighted by Crippen LogP contribution is 2.45. The van der Waals surface area contributed by atoms with Crippen molar-refractivity contribution >= 4 is 0 Å². The van der Waals surface area contributed by atoms with Crippen LogP contribution >= 0.6 is 0 Å². The van der Waals surface area contributed by atoms with Gasteiger partial charge in [-0.1, -0.05) is 0 Å². The fourth-order valence-corrected chi connectivity index (χ4v) is 2.18. The van der Waals surface area contributed by atoms with Crippen molar-refractivity contribution in [2.75, 3.05) is 6.61 Å². The van der Waals surface area contributed by atoms with E-state index in [1.807, 2.05) is 0 Å². The predicted molar refractivity (Wildman–Crippen MR) is 46.4 cm³/mol. The Bertz CT molecular complexity index is 241. The van der Waals surface area contributed by atoms with Crippen LogP contribution in [0.5, 0.6) is 0 Å². The van der Waals surface area contributed by atoms with E-state index in [9.17, 15) is 5.11 Å². The van der Waals surface area contributed by atoms with E-state index >= 15 is 0 Å². The Morgan fingerprint density at radius 2 is 1.93 bits per heavy atom. The molecular weight excluding hydrogens is 188 g/mol. The van der Waals surface area contributed by atoms with E-state index in [0.717, 1.165) is 0 Å². The number of aliphatic hydroxyl groups excluding tert-OH is 2. The van der Waals surface area contributed by atoms with E-state index in [-0.39, 0.29) is 6.61 Å². The molecule has 2 aliphatic heterocycles. The molecule has 82 valence electrons. The summed E-state index contributed by atoms with van der Waals surface area (Å²) in [5.74, 6) is -0.738. The molecule has 2 N–H and O–H groups in total. The quantitative estimate of drug-likeness (QED) is 0.608. The zero-order chi connectivity index (χ0) is 10.6. The van der Waals surface area contributed by atoms with Gasteiger partial charge in [0, 0.05) is 0 Å². The van der Waals surface area contributed by atoms with Crippen LogP contribution in [0.15, 0.2) is 0 Å². The highest BCUT2D eigenvalue weighted by molar-refractivity contribution is 5.03. The predicted octanol–water partition coefficient (Wildman–Crippen LogP) is -0.394. The van der Waals surface area contributed by atoms with Crippen molar-refractivity contribution in [3.8, 4) is 0 Å². The van der Waals surface area contributed by atoms with Crippen LogP contribution in [-0.2, 0) is 14.2 Å². The average molecular weight is 204 g/mol. The minimum Gasteiger partial charge on any atom is -0.394 e. The van der Waals surface area contributed by atoms with Gasteiger partial charge in [0.15, 0.2) is 12.1 Å². The van der Waals surface area contributed by atoms with Crippen molar-refractivity contribution in [2.24, 2.45) is 0 Å². The van der Waals surface area contributed by atoms with E-state index in [2.05, 4.69) is 0 Å². The maximum absolute atomic E-state index is 9.65. The molecule has 0 aromatic heterocycles. The van der Waals surface area contributed by atoms with E-state index in [0.29, 0.717) is 0 Å². The maximum atomic E-state index is 9.65. The smallest absolute Gasteiger partial charge is 0.187 e. The molecule has 0 aliphatic carbocycles. The van der Waals surface area contributed by atoms with Crippen molar-refractivity contribution in [3.05, 3.63) is 0 Å². The maximum Gasteiger partial charge on any atom is 0.187 e. The number of fused-ring (bicyclic) bond motifs is 1. The van der Waals surface area contributed by atoms with Crippen molar-refractivity contribution in [3.63, 3.8) is 0 Å². The lowest BCUT2D eigenvalue weighted by Crippen LogP contribution is -2.43. The molecule has 0 spiro atoms. The summed E-state index contributed by atoms with van der Waals surface area (Å²) >= 11 is 0. The fraction of sp³-hybridized carbons (Fsp3) is 1.00. The second-order valence-electron chi connectivity index (χ2n) is 4.43. The first-order valence-corrected chi connectivity index (χ1v) is 4.71. The van der Waals surface area contributed by atoms with Crippen LogP contribution in [-0.4, -0.2) is 46.7 Å². The topological polar surface area (TPSA) is 68.2 Å². The highest BCUT2D eigenvalue weighted by atomic mass is 16.8. The third-order valence-electron chi connectivity index (χ3n) is 2.75. The van der Waals surface area contributed by atoms with Crippen LogP contribution in [0.25, 0.3) is 0 Å². The molecule has 2 fully saturated rings. The second-order valence-corrected chi connectivity index (χ2v) is 4.43. The normalized spacial score (nSPS) is 50.8. The van der Waals surface area contributed by atoms with E-state index < -0.39 is 29.9 Å². The molecule has 2 rings (SSSR count). The summed E-state index contributed by atoms with van der Waals surface area (Å²) in [6.45, 7) is 5.10. The molecule has 5 nitrogen and oxygen atoms in total. The third-order valence-corrected chi connectivity index (χ3v) is 2.75. The number of hydrogen-bond donors (Lipinski definition) is 2. The number of rotatable bonds is 1. The van der Waals surface area contributed by atoms with Crippen molar-refractivity contribution < 1.29 is 24.4 Å². The van der Waals surface area contributed by atoms with Gasteiger partial charge in [0.2, 0.25) is 0 Å². The third kappa shape index (κ3) is 1.28. The Morgan fingerprint density at radius 3 is 2.50 bits per heavy atom. The van der Waals surface area contributed by atoms with Crippen LogP contribution in [0.2, 0.25) is 0 Å². The summed E-state index contributed by atoms with van der Waals surface area (Å²) in [6, 6.07) is 0. The molecule has 2 aliphatic rings. The van der Waals surface area contributed by atoms with Gasteiger partial charge in [-0.2, -0.15) is 0 Å². The van der Waals surface area contributed by atoms with Crippen molar-refractivity contribution in [1.82, 2.24) is 0 Å². The molecule has 0 saturated carbocycles. The summed E-state index contributed by atoms with van der Waals surface area (Å²) in [4.78, 5) is 0. The molecule has 0 aromatic rings. The number of hydrogen-bond acceptors (Lipinski definition) is 5. The Labute approximate surface area is 82.6 Å². The molecule has 0 bridgehead atoms. The first-order chi connectivity index (χ1) is 6.39. The van der Waals surface area contributed by atoms with Crippen molar-refractivity contribution in [2.45, 2.75) is 50.7 Å². The molecular formula is C9H16O5. The lowest BCUT2D eigenvalue weighted by atomic mass is 9.98. The minimum atomic E-state index is -1.05. The van der Waals surface area contributed by atoms with Gasteiger partial charge in [-0.25, -0.2) is 0 Å². The van der Waals surface area contributed by atoms with Gasteiger partial charge in [0.1, 0.15) is 17.8 Å². The van der Waals surface area contributed by atoms with Crippen LogP contribution in [0, 0.1) is 0 Å². The Kier molecular flexibility index (Phi) is 2.14. The number of aliphatic hydroxyl groups is 2. The second kappa shape index (κ2) is 2.90. The lowest BCUT2D eigenvalue weighted by Gasteiger charge is -2.25. The summed E-state index contributed by atoms with van der Waals surface area (Å²) in [5.41, 5.74) is -0.878. The van der Waals surface area contributed by atoms with Gasteiger partial charge in [-0.05, 0) is 20.8 Å². The summed E-state index contributed by atoms with van der Waals surface area (Å²) in [5, 5.41) is 18.7. The minimum absolute atomic E-state index is 0.184. The molecule has 0 amide bonds. The van der Waals surface area contributed by atoms with Gasteiger partial charge in [-0.3, -0.25) is 0 Å². The first-order valence-electron chi connectivity index (χ1n) is 4.71. The Balaban J connectivity index is 2.26. The van der Waals surface area contributed by atoms with Crippen molar-refractivity contribution in [1.29, 1.82) is 0 Å². The average Bonchev–Trinajstić information content (AvgIpc) is 2.42. The van der Waals surface area contributed by atoms with Crippen LogP contribution in [0.1, 0.15) is 20.8 Å². The van der Waals surface area contributed by atoms with Crippen LogP contribution in [0.4, 0.5) is 0 Å². The zero-order valence-electron chi connectivity index (χ0n) is 8.56. The zero-order valence-corrected chi connectivity index (χ0v) is 8.56. The van der Waals surface area contributed by atoms with E-state index in [4.69, 9.17) is 19.3 Å². The Morgan fingerprint density at radius 1 is 1.29 bits per heavy atom. The molecule has 2 heterocycles. The van der Waals surface area contributed by atoms with Crippen LogP contribution < -0.4 is 0 Å². The summed E-state index contributed by atoms with van der Waals surface area (Å²) in [7, 11) is 0. The molecule has 0 radical (unpaired) electrons. The van der Waals surface area contributed by atoms with Gasteiger partial charge < -0.3 is 24.4 Å². The van der Waals surface area contributed by atoms with Gasteiger partial charge in [0.05, 0.1) is 6.61 Å². The molecule has 2 saturated heterocycles. The SMILES string of the molecule is CC1(C)O[C@@H]2C(CO)OC(O)[C@]2(C)O1. The van der Waals surface area contributed by atoms with Crippen LogP contribution in [0.3, 0.4) is 0 Å². The molecule has 4 atom stereocenters. The molecule has 0 aromatic carbocycles. The molecule has 5 heteroatoms. The monoisotopic (exact) mass is 204 g/mol. The largest absolute Gasteiger partial charge is 0.394 e. The highest BCUT2D eigenvalue weighted by Gasteiger charge is 2.63. The molecule has 14 heavy (non-hydrogen) atoms. The first kappa shape index (κ1) is 10.3. The fourth-order valence-electron chi connectivity index (χ4n) is 2.18. The molecule has 2 unspecified atom stereocenters. The van der Waals surface area contributed by atoms with Gasteiger partial charge >= 0.3 is 0 Å².